The largest absolute Gasteiger partial charge is 0.504 e. The highest BCUT2D eigenvalue weighted by molar-refractivity contribution is 5.97. The van der Waals surface area contributed by atoms with Gasteiger partial charge >= 0.3 is 0 Å². The van der Waals surface area contributed by atoms with Gasteiger partial charge in [-0.3, -0.25) is 4.79 Å². The quantitative estimate of drug-likeness (QED) is 0.704. The number of morpholine rings is 1. The molecule has 18 heavy (non-hydrogen) atoms. The summed E-state index contributed by atoms with van der Waals surface area (Å²) < 4.78 is 5.13. The lowest BCUT2D eigenvalue weighted by Gasteiger charge is -2.29. The first-order chi connectivity index (χ1) is 8.63. The van der Waals surface area contributed by atoms with Crippen LogP contribution in [0.25, 0.3) is 0 Å². The van der Waals surface area contributed by atoms with E-state index in [-0.39, 0.29) is 24.5 Å². The van der Waals surface area contributed by atoms with Gasteiger partial charge in [-0.05, 0) is 12.1 Å². The molecule has 94 valence electrons. The molecule has 0 aliphatic carbocycles. The number of nitrogens with zero attached hydrogens (tertiary/aromatic N) is 2. The van der Waals surface area contributed by atoms with Crippen molar-refractivity contribution in [2.75, 3.05) is 19.7 Å². The van der Waals surface area contributed by atoms with Gasteiger partial charge in [0.15, 0.2) is 17.6 Å². The minimum atomic E-state index is -0.651. The maximum absolute atomic E-state index is 12.1. The molecule has 6 heteroatoms. The van der Waals surface area contributed by atoms with Gasteiger partial charge in [0.05, 0.1) is 24.8 Å². The molecule has 0 spiro atoms. The highest BCUT2D eigenvalue weighted by atomic mass is 16.5. The number of carbonyl (C=O) groups is 1. The van der Waals surface area contributed by atoms with Crippen molar-refractivity contribution in [3.63, 3.8) is 0 Å². The van der Waals surface area contributed by atoms with Crippen LogP contribution in [0.3, 0.4) is 0 Å². The van der Waals surface area contributed by atoms with Crippen LogP contribution in [0.1, 0.15) is 10.4 Å². The van der Waals surface area contributed by atoms with E-state index < -0.39 is 17.8 Å². The number of benzene rings is 1. The number of para-hydroxylation sites is 1. The van der Waals surface area contributed by atoms with Gasteiger partial charge in [0.2, 0.25) is 0 Å². The number of phenolic OH excluding ortho intramolecular Hbond substituents is 2. The van der Waals surface area contributed by atoms with Gasteiger partial charge < -0.3 is 19.8 Å². The monoisotopic (exact) mass is 248 g/mol. The standard InChI is InChI=1S/C12H12N2O4/c13-6-8-7-14(4-5-18-8)12(17)9-2-1-3-10(15)11(9)16/h1-3,8,15-16H,4-5,7H2. The second-order valence-electron chi connectivity index (χ2n) is 3.91. The fraction of sp³-hybridized carbons (Fsp3) is 0.333. The maximum Gasteiger partial charge on any atom is 0.257 e. The van der Waals surface area contributed by atoms with Crippen LogP contribution in [0.4, 0.5) is 0 Å². The highest BCUT2D eigenvalue weighted by Gasteiger charge is 2.26. The SMILES string of the molecule is N#CC1CN(C(=O)c2cccc(O)c2O)CCO1. The topological polar surface area (TPSA) is 93.8 Å². The zero-order valence-electron chi connectivity index (χ0n) is 9.54. The molecule has 1 unspecified atom stereocenters. The van der Waals surface area contributed by atoms with Gasteiger partial charge in [0.25, 0.3) is 5.91 Å². The Morgan fingerprint density at radius 1 is 1.50 bits per heavy atom. The molecular formula is C12H12N2O4. The van der Waals surface area contributed by atoms with Gasteiger partial charge in [0, 0.05) is 6.54 Å². The Labute approximate surface area is 104 Å². The van der Waals surface area contributed by atoms with Crippen LogP contribution in [-0.2, 0) is 4.74 Å². The summed E-state index contributed by atoms with van der Waals surface area (Å²) in [5.74, 6) is -1.21. The molecule has 0 bridgehead atoms. The summed E-state index contributed by atoms with van der Waals surface area (Å²) in [7, 11) is 0. The number of carbonyl (C=O) groups excluding carboxylic acids is 1. The number of aromatic hydroxyl groups is 2. The summed E-state index contributed by atoms with van der Waals surface area (Å²) >= 11 is 0. The first-order valence-electron chi connectivity index (χ1n) is 5.45. The predicted octanol–water partition coefficient (Wildman–Crippen LogP) is 0.462. The van der Waals surface area contributed by atoms with Crippen LogP contribution in [0.15, 0.2) is 18.2 Å². The minimum absolute atomic E-state index is 0.0218. The Hall–Kier alpha value is -2.26. The van der Waals surface area contributed by atoms with E-state index in [1.54, 1.807) is 0 Å². The van der Waals surface area contributed by atoms with Crippen LogP contribution < -0.4 is 0 Å². The van der Waals surface area contributed by atoms with Crippen LogP contribution in [0, 0.1) is 11.3 Å². The Bertz CT molecular complexity index is 509. The van der Waals surface area contributed by atoms with E-state index in [2.05, 4.69) is 0 Å². The van der Waals surface area contributed by atoms with Gasteiger partial charge in [0.1, 0.15) is 0 Å². The first-order valence-corrected chi connectivity index (χ1v) is 5.45. The van der Waals surface area contributed by atoms with Crippen molar-refractivity contribution >= 4 is 5.91 Å². The van der Waals surface area contributed by atoms with E-state index in [4.69, 9.17) is 10.00 Å². The smallest absolute Gasteiger partial charge is 0.257 e. The average Bonchev–Trinajstić information content (AvgIpc) is 2.41. The minimum Gasteiger partial charge on any atom is -0.504 e. The zero-order valence-corrected chi connectivity index (χ0v) is 9.54. The van der Waals surface area contributed by atoms with Crippen LogP contribution in [0.2, 0.25) is 0 Å². The second kappa shape index (κ2) is 4.94. The third-order valence-electron chi connectivity index (χ3n) is 2.74. The summed E-state index contributed by atoms with van der Waals surface area (Å²) in [5, 5.41) is 27.7. The Morgan fingerprint density at radius 3 is 3.00 bits per heavy atom. The molecule has 1 amide bonds. The number of hydrogen-bond acceptors (Lipinski definition) is 5. The Morgan fingerprint density at radius 2 is 2.28 bits per heavy atom. The van der Waals surface area contributed by atoms with Gasteiger partial charge in [-0.2, -0.15) is 5.26 Å². The molecule has 2 N–H and O–H groups in total. The lowest BCUT2D eigenvalue weighted by molar-refractivity contribution is 0.00332. The third-order valence-corrected chi connectivity index (χ3v) is 2.74. The Balaban J connectivity index is 2.21. The molecular weight excluding hydrogens is 236 g/mol. The van der Waals surface area contributed by atoms with E-state index in [0.717, 1.165) is 0 Å². The van der Waals surface area contributed by atoms with Gasteiger partial charge in [-0.25, -0.2) is 0 Å². The summed E-state index contributed by atoms with van der Waals surface area (Å²) in [6.07, 6.45) is -0.651. The molecule has 1 aromatic carbocycles. The molecule has 0 saturated carbocycles. The average molecular weight is 248 g/mol. The molecule has 1 fully saturated rings. The molecule has 0 aromatic heterocycles. The summed E-state index contributed by atoms with van der Waals surface area (Å²) in [4.78, 5) is 13.5. The lowest BCUT2D eigenvalue weighted by atomic mass is 10.1. The second-order valence-corrected chi connectivity index (χ2v) is 3.91. The van der Waals surface area contributed by atoms with E-state index in [1.807, 2.05) is 6.07 Å². The predicted molar refractivity (Wildman–Crippen MR) is 61.0 cm³/mol. The molecule has 1 aromatic rings. The number of phenols is 2. The van der Waals surface area contributed by atoms with Crippen molar-refractivity contribution in [2.45, 2.75) is 6.10 Å². The summed E-state index contributed by atoms with van der Waals surface area (Å²) in [5.41, 5.74) is 0.0218. The van der Waals surface area contributed by atoms with Gasteiger partial charge in [-0.1, -0.05) is 6.07 Å². The number of nitriles is 1. The summed E-state index contributed by atoms with van der Waals surface area (Å²) in [6.45, 7) is 0.792. The molecule has 2 rings (SSSR count). The zero-order chi connectivity index (χ0) is 13.1. The molecule has 1 atom stereocenters. The van der Waals surface area contributed by atoms with E-state index in [0.29, 0.717) is 6.54 Å². The van der Waals surface area contributed by atoms with E-state index in [1.165, 1.54) is 23.1 Å². The van der Waals surface area contributed by atoms with Crippen LogP contribution in [-0.4, -0.2) is 46.8 Å². The fourth-order valence-corrected chi connectivity index (χ4v) is 1.79. The lowest BCUT2D eigenvalue weighted by Crippen LogP contribution is -2.45. The van der Waals surface area contributed by atoms with Crippen LogP contribution in [0.5, 0.6) is 11.5 Å². The van der Waals surface area contributed by atoms with Crippen molar-refractivity contribution in [1.29, 1.82) is 5.26 Å². The van der Waals surface area contributed by atoms with Crippen molar-refractivity contribution in [1.82, 2.24) is 4.90 Å². The number of rotatable bonds is 1. The maximum atomic E-state index is 12.1. The third kappa shape index (κ3) is 2.21. The molecule has 0 radical (unpaired) electrons. The van der Waals surface area contributed by atoms with Crippen molar-refractivity contribution in [3.8, 4) is 17.6 Å². The van der Waals surface area contributed by atoms with Crippen molar-refractivity contribution in [3.05, 3.63) is 23.8 Å². The fourth-order valence-electron chi connectivity index (χ4n) is 1.79. The highest BCUT2D eigenvalue weighted by Crippen LogP contribution is 2.29. The summed E-state index contributed by atoms with van der Waals surface area (Å²) in [6, 6.07) is 6.13. The normalized spacial score (nSPS) is 19.3. The molecule has 6 nitrogen and oxygen atoms in total. The van der Waals surface area contributed by atoms with Crippen LogP contribution >= 0.6 is 0 Å². The molecule has 1 saturated heterocycles. The first kappa shape index (κ1) is 12.2. The molecule has 1 aliphatic heterocycles. The van der Waals surface area contributed by atoms with Crippen molar-refractivity contribution < 1.29 is 19.7 Å². The molecule has 1 heterocycles. The van der Waals surface area contributed by atoms with E-state index in [9.17, 15) is 15.0 Å². The molecule has 1 aliphatic rings. The van der Waals surface area contributed by atoms with E-state index >= 15 is 0 Å². The van der Waals surface area contributed by atoms with Crippen molar-refractivity contribution in [2.24, 2.45) is 0 Å². The number of ether oxygens (including phenoxy) is 1. The number of hydrogen-bond donors (Lipinski definition) is 2. The van der Waals surface area contributed by atoms with Gasteiger partial charge in [-0.15, -0.1) is 0 Å². The number of amides is 1. The Kier molecular flexibility index (Phi) is 3.35.